The van der Waals surface area contributed by atoms with Gasteiger partial charge in [0.2, 0.25) is 5.76 Å². The maximum Gasteiger partial charge on any atom is 0.371 e. The fourth-order valence-corrected chi connectivity index (χ4v) is 3.00. The first-order valence-electron chi connectivity index (χ1n) is 4.88. The Morgan fingerprint density at radius 2 is 1.94 bits per heavy atom. The normalized spacial score (nSPS) is 11.4. The summed E-state index contributed by atoms with van der Waals surface area (Å²) in [6.07, 6.45) is 0.722. The van der Waals surface area contributed by atoms with Crippen LogP contribution in [-0.2, 0) is 4.79 Å². The smallest absolute Gasteiger partial charge is 0.371 e. The molecule has 4 nitrogen and oxygen atoms in total. The van der Waals surface area contributed by atoms with Crippen molar-refractivity contribution in [1.82, 2.24) is 0 Å². The van der Waals surface area contributed by atoms with E-state index in [0.717, 1.165) is 16.5 Å². The topological polar surface area (TPSA) is 74.6 Å². The van der Waals surface area contributed by atoms with Crippen molar-refractivity contribution in [3.8, 4) is 10.4 Å². The molecule has 0 fully saturated rings. The molecular formula is C12H8O4S2. The quantitative estimate of drug-likeness (QED) is 0.512. The van der Waals surface area contributed by atoms with E-state index in [-0.39, 0.29) is 0 Å². The minimum Gasteiger partial charge on any atom is -0.502 e. The molecule has 2 heterocycles. The van der Waals surface area contributed by atoms with Gasteiger partial charge in [-0.15, -0.1) is 11.3 Å². The second-order valence-corrected chi connectivity index (χ2v) is 5.07. The molecule has 2 aromatic heterocycles. The second-order valence-electron chi connectivity index (χ2n) is 3.37. The lowest BCUT2D eigenvalue weighted by atomic mass is 10.1. The summed E-state index contributed by atoms with van der Waals surface area (Å²) in [4.78, 5) is 23.1. The van der Waals surface area contributed by atoms with E-state index < -0.39 is 17.5 Å². The molecule has 0 bridgehead atoms. The summed E-state index contributed by atoms with van der Waals surface area (Å²) in [6.45, 7) is 0. The number of thiophene rings is 2. The van der Waals surface area contributed by atoms with Crippen molar-refractivity contribution in [2.45, 2.75) is 0 Å². The minimum absolute atomic E-state index is 0.395. The van der Waals surface area contributed by atoms with Crippen molar-refractivity contribution >= 4 is 34.4 Å². The van der Waals surface area contributed by atoms with Crippen LogP contribution in [0, 0.1) is 0 Å². The van der Waals surface area contributed by atoms with Gasteiger partial charge < -0.3 is 10.2 Å². The molecule has 18 heavy (non-hydrogen) atoms. The van der Waals surface area contributed by atoms with Crippen molar-refractivity contribution in [3.63, 3.8) is 0 Å². The maximum absolute atomic E-state index is 11.8. The molecule has 92 valence electrons. The van der Waals surface area contributed by atoms with Gasteiger partial charge >= 0.3 is 5.97 Å². The molecule has 0 radical (unpaired) electrons. The molecule has 6 heteroatoms. The van der Waals surface area contributed by atoms with Crippen molar-refractivity contribution in [1.29, 1.82) is 0 Å². The highest BCUT2D eigenvalue weighted by Crippen LogP contribution is 2.31. The average molecular weight is 280 g/mol. The first-order chi connectivity index (χ1) is 8.59. The highest BCUT2D eigenvalue weighted by Gasteiger charge is 2.15. The van der Waals surface area contributed by atoms with E-state index in [1.807, 2.05) is 16.8 Å². The molecule has 0 aliphatic heterocycles. The number of carbonyl (C=O) groups is 2. The predicted molar refractivity (Wildman–Crippen MR) is 70.3 cm³/mol. The lowest BCUT2D eigenvalue weighted by molar-refractivity contribution is -0.135. The van der Waals surface area contributed by atoms with E-state index in [1.54, 1.807) is 11.4 Å². The highest BCUT2D eigenvalue weighted by molar-refractivity contribution is 7.14. The largest absolute Gasteiger partial charge is 0.502 e. The standard InChI is InChI=1S/C12H8O4S2/c13-9(5-10(14)12(15)16)8-2-4-18-11(8)7-1-3-17-6-7/h1-6,14H,(H,15,16). The zero-order valence-corrected chi connectivity index (χ0v) is 10.6. The van der Waals surface area contributed by atoms with Gasteiger partial charge in [0.15, 0.2) is 5.78 Å². The van der Waals surface area contributed by atoms with Crippen LogP contribution in [-0.4, -0.2) is 22.0 Å². The van der Waals surface area contributed by atoms with Gasteiger partial charge in [-0.1, -0.05) is 0 Å². The first-order valence-corrected chi connectivity index (χ1v) is 6.70. The third-order valence-corrected chi connectivity index (χ3v) is 3.85. The van der Waals surface area contributed by atoms with Gasteiger partial charge in [0, 0.05) is 22.1 Å². The average Bonchev–Trinajstić information content (AvgIpc) is 2.99. The zero-order chi connectivity index (χ0) is 13.1. The van der Waals surface area contributed by atoms with Gasteiger partial charge in [-0.2, -0.15) is 11.3 Å². The van der Waals surface area contributed by atoms with Crippen LogP contribution in [0.4, 0.5) is 0 Å². The SMILES string of the molecule is O=C(O)C(O)=CC(=O)c1ccsc1-c1ccsc1. The van der Waals surface area contributed by atoms with E-state index in [9.17, 15) is 9.59 Å². The zero-order valence-electron chi connectivity index (χ0n) is 8.99. The summed E-state index contributed by atoms with van der Waals surface area (Å²) in [5, 5.41) is 23.1. The van der Waals surface area contributed by atoms with Gasteiger partial charge in [0.25, 0.3) is 0 Å². The Kier molecular flexibility index (Phi) is 3.59. The van der Waals surface area contributed by atoms with Crippen LogP contribution >= 0.6 is 22.7 Å². The number of rotatable bonds is 4. The minimum atomic E-state index is -1.52. The fourth-order valence-electron chi connectivity index (χ4n) is 1.38. The van der Waals surface area contributed by atoms with Gasteiger partial charge in [0.1, 0.15) is 0 Å². The number of aliphatic carboxylic acids is 1. The van der Waals surface area contributed by atoms with Crippen LogP contribution in [0.1, 0.15) is 10.4 Å². The van der Waals surface area contributed by atoms with E-state index in [2.05, 4.69) is 0 Å². The Balaban J connectivity index is 2.36. The molecule has 0 saturated carbocycles. The molecule has 0 spiro atoms. The molecule has 2 rings (SSSR count). The summed E-state index contributed by atoms with van der Waals surface area (Å²) in [5.74, 6) is -2.99. The van der Waals surface area contributed by atoms with E-state index >= 15 is 0 Å². The van der Waals surface area contributed by atoms with Crippen LogP contribution < -0.4 is 0 Å². The number of ketones is 1. The van der Waals surface area contributed by atoms with Crippen molar-refractivity contribution in [3.05, 3.63) is 45.7 Å². The molecule has 0 atom stereocenters. The van der Waals surface area contributed by atoms with Crippen LogP contribution in [0.15, 0.2) is 40.1 Å². The van der Waals surface area contributed by atoms with E-state index in [4.69, 9.17) is 10.2 Å². The van der Waals surface area contributed by atoms with Crippen LogP contribution in [0.25, 0.3) is 10.4 Å². The van der Waals surface area contributed by atoms with E-state index in [1.165, 1.54) is 22.7 Å². The number of hydrogen-bond acceptors (Lipinski definition) is 5. The van der Waals surface area contributed by atoms with Gasteiger partial charge in [-0.25, -0.2) is 4.79 Å². The Morgan fingerprint density at radius 3 is 2.56 bits per heavy atom. The lowest BCUT2D eigenvalue weighted by Crippen LogP contribution is -2.03. The Hall–Kier alpha value is -1.92. The Morgan fingerprint density at radius 1 is 1.17 bits per heavy atom. The summed E-state index contributed by atoms with van der Waals surface area (Å²) in [5.41, 5.74) is 1.31. The van der Waals surface area contributed by atoms with Crippen LogP contribution in [0.2, 0.25) is 0 Å². The molecule has 0 amide bonds. The van der Waals surface area contributed by atoms with E-state index in [0.29, 0.717) is 5.56 Å². The summed E-state index contributed by atoms with van der Waals surface area (Å²) < 4.78 is 0. The number of aliphatic hydroxyl groups is 1. The number of carboxylic acid groups (broad SMARTS) is 1. The van der Waals surface area contributed by atoms with Crippen molar-refractivity contribution in [2.24, 2.45) is 0 Å². The molecule has 0 saturated heterocycles. The van der Waals surface area contributed by atoms with Crippen molar-refractivity contribution < 1.29 is 19.8 Å². The molecule has 0 aliphatic carbocycles. The lowest BCUT2D eigenvalue weighted by Gasteiger charge is -1.98. The van der Waals surface area contributed by atoms with Gasteiger partial charge in [0.05, 0.1) is 0 Å². The number of allylic oxidation sites excluding steroid dienone is 1. The summed E-state index contributed by atoms with van der Waals surface area (Å²) in [7, 11) is 0. The van der Waals surface area contributed by atoms with Crippen molar-refractivity contribution in [2.75, 3.05) is 0 Å². The molecule has 0 aromatic carbocycles. The molecule has 0 unspecified atom stereocenters. The molecular weight excluding hydrogens is 272 g/mol. The van der Waals surface area contributed by atoms with Gasteiger partial charge in [-0.3, -0.25) is 4.79 Å². The summed E-state index contributed by atoms with van der Waals surface area (Å²) >= 11 is 2.91. The molecule has 0 aliphatic rings. The highest BCUT2D eigenvalue weighted by atomic mass is 32.1. The third kappa shape index (κ3) is 2.49. The number of carbonyl (C=O) groups excluding carboxylic acids is 1. The second kappa shape index (κ2) is 5.16. The Labute approximate surface area is 110 Å². The number of hydrogen-bond donors (Lipinski definition) is 2. The summed E-state index contributed by atoms with van der Waals surface area (Å²) in [6, 6.07) is 3.50. The fraction of sp³-hybridized carbons (Fsp3) is 0. The Bertz CT molecular complexity index is 608. The maximum atomic E-state index is 11.8. The van der Waals surface area contributed by atoms with Gasteiger partial charge in [-0.05, 0) is 28.3 Å². The monoisotopic (exact) mass is 280 g/mol. The molecule has 2 aromatic rings. The number of carboxylic acids is 1. The number of aliphatic hydroxyl groups excluding tert-OH is 1. The van der Waals surface area contributed by atoms with Crippen LogP contribution in [0.3, 0.4) is 0 Å². The molecule has 2 N–H and O–H groups in total. The third-order valence-electron chi connectivity index (χ3n) is 2.20. The first kappa shape index (κ1) is 12.5. The predicted octanol–water partition coefficient (Wildman–Crippen LogP) is 3.19. The van der Waals surface area contributed by atoms with Crippen LogP contribution in [0.5, 0.6) is 0 Å².